The number of allylic oxidation sites excluding steroid dienone is 1. The highest BCUT2D eigenvalue weighted by Gasteiger charge is 2.16. The monoisotopic (exact) mass is 289 g/mol. The van der Waals surface area contributed by atoms with Gasteiger partial charge in [0.1, 0.15) is 0 Å². The number of fused-ring (bicyclic) bond motifs is 1. The van der Waals surface area contributed by atoms with Gasteiger partial charge in [0.25, 0.3) is 5.56 Å². The lowest BCUT2D eigenvalue weighted by Crippen LogP contribution is -2.27. The topological polar surface area (TPSA) is 78.0 Å². The Morgan fingerprint density at radius 2 is 2.25 bits per heavy atom. The van der Waals surface area contributed by atoms with Gasteiger partial charge in [-0.1, -0.05) is 30.0 Å². The lowest BCUT2D eigenvalue weighted by Gasteiger charge is -2.13. The van der Waals surface area contributed by atoms with E-state index in [9.17, 15) is 9.59 Å². The van der Waals surface area contributed by atoms with Crippen LogP contribution in [0.4, 0.5) is 0 Å². The van der Waals surface area contributed by atoms with Crippen LogP contribution >= 0.6 is 11.8 Å². The number of amides is 1. The number of para-hydroxylation sites is 1. The number of aromatic nitrogens is 2. The van der Waals surface area contributed by atoms with Gasteiger partial charge in [-0.25, -0.2) is 4.98 Å². The van der Waals surface area contributed by atoms with Crippen molar-refractivity contribution in [3.8, 4) is 0 Å². The van der Waals surface area contributed by atoms with E-state index in [0.717, 1.165) is 0 Å². The molecule has 0 bridgehead atoms. The Kier molecular flexibility index (Phi) is 4.24. The summed E-state index contributed by atoms with van der Waals surface area (Å²) in [6.45, 7) is 5.67. The predicted molar refractivity (Wildman–Crippen MR) is 80.7 cm³/mol. The number of rotatable bonds is 5. The van der Waals surface area contributed by atoms with Crippen molar-refractivity contribution in [1.29, 1.82) is 0 Å². The van der Waals surface area contributed by atoms with Crippen molar-refractivity contribution in [1.82, 2.24) is 9.55 Å². The van der Waals surface area contributed by atoms with Crippen molar-refractivity contribution in [2.24, 2.45) is 5.73 Å². The molecule has 0 spiro atoms. The summed E-state index contributed by atoms with van der Waals surface area (Å²) >= 11 is 1.18. The minimum Gasteiger partial charge on any atom is -0.369 e. The molecule has 2 rings (SSSR count). The van der Waals surface area contributed by atoms with E-state index in [4.69, 9.17) is 5.73 Å². The van der Waals surface area contributed by atoms with Crippen LogP contribution in [0, 0.1) is 0 Å². The molecule has 0 radical (unpaired) electrons. The van der Waals surface area contributed by atoms with Crippen molar-refractivity contribution < 1.29 is 4.79 Å². The molecular formula is C14H15N3O2S. The predicted octanol–water partition coefficient (Wildman–Crippen LogP) is 1.55. The zero-order valence-electron chi connectivity index (χ0n) is 11.1. The van der Waals surface area contributed by atoms with Gasteiger partial charge in [0.05, 0.1) is 16.2 Å². The van der Waals surface area contributed by atoms with Crippen molar-refractivity contribution in [3.05, 3.63) is 47.3 Å². The minimum absolute atomic E-state index is 0.144. The van der Waals surface area contributed by atoms with E-state index in [1.807, 2.05) is 6.07 Å². The van der Waals surface area contributed by atoms with Gasteiger partial charge in [0.2, 0.25) is 5.91 Å². The van der Waals surface area contributed by atoms with Crippen molar-refractivity contribution in [2.45, 2.75) is 23.9 Å². The minimum atomic E-state index is -0.459. The van der Waals surface area contributed by atoms with Crippen LogP contribution < -0.4 is 11.3 Å². The number of nitrogens with zero attached hydrogens (tertiary/aromatic N) is 2. The van der Waals surface area contributed by atoms with E-state index in [-0.39, 0.29) is 5.56 Å². The fourth-order valence-electron chi connectivity index (χ4n) is 1.74. The number of thioether (sulfide) groups is 1. The van der Waals surface area contributed by atoms with Gasteiger partial charge in [-0.15, -0.1) is 6.58 Å². The lowest BCUT2D eigenvalue weighted by atomic mass is 10.2. The molecule has 0 aliphatic heterocycles. The van der Waals surface area contributed by atoms with Gasteiger partial charge >= 0.3 is 0 Å². The number of primary amides is 1. The summed E-state index contributed by atoms with van der Waals surface area (Å²) in [7, 11) is 0. The Labute approximate surface area is 120 Å². The summed E-state index contributed by atoms with van der Waals surface area (Å²) in [6, 6.07) is 7.12. The number of benzene rings is 1. The molecule has 0 fully saturated rings. The summed E-state index contributed by atoms with van der Waals surface area (Å²) in [5.74, 6) is -0.442. The fourth-order valence-corrected chi connectivity index (χ4v) is 2.61. The SMILES string of the molecule is C=CCn1c(S[C@H](C)C(N)=O)nc2ccccc2c1=O. The largest absolute Gasteiger partial charge is 0.369 e. The van der Waals surface area contributed by atoms with Crippen LogP contribution in [0.3, 0.4) is 0 Å². The van der Waals surface area contributed by atoms with Gasteiger partial charge in [0, 0.05) is 6.54 Å². The van der Waals surface area contributed by atoms with Crippen LogP contribution in [0.15, 0.2) is 46.9 Å². The fraction of sp³-hybridized carbons (Fsp3) is 0.214. The van der Waals surface area contributed by atoms with Crippen LogP contribution in [0.25, 0.3) is 10.9 Å². The van der Waals surface area contributed by atoms with Gasteiger partial charge in [0.15, 0.2) is 5.16 Å². The van der Waals surface area contributed by atoms with E-state index < -0.39 is 11.2 Å². The Hall–Kier alpha value is -2.08. The third-order valence-electron chi connectivity index (χ3n) is 2.82. The van der Waals surface area contributed by atoms with Crippen LogP contribution in [0.5, 0.6) is 0 Å². The molecule has 1 heterocycles. The smallest absolute Gasteiger partial charge is 0.262 e. The third-order valence-corrected chi connectivity index (χ3v) is 3.93. The maximum absolute atomic E-state index is 12.4. The summed E-state index contributed by atoms with van der Waals surface area (Å²) in [5.41, 5.74) is 5.73. The average molecular weight is 289 g/mol. The van der Waals surface area contributed by atoms with Crippen LogP contribution in [-0.4, -0.2) is 20.7 Å². The highest BCUT2D eigenvalue weighted by atomic mass is 32.2. The zero-order valence-corrected chi connectivity index (χ0v) is 11.9. The first-order chi connectivity index (χ1) is 9.54. The molecular weight excluding hydrogens is 274 g/mol. The molecule has 20 heavy (non-hydrogen) atoms. The Balaban J connectivity index is 2.62. The Bertz CT molecular complexity index is 724. The number of carbonyl (C=O) groups excluding carboxylic acids is 1. The average Bonchev–Trinajstić information content (AvgIpc) is 2.43. The highest BCUT2D eigenvalue weighted by Crippen LogP contribution is 2.22. The molecule has 6 heteroatoms. The highest BCUT2D eigenvalue weighted by molar-refractivity contribution is 8.00. The first kappa shape index (κ1) is 14.3. The molecule has 2 aromatic rings. The van der Waals surface area contributed by atoms with E-state index in [1.54, 1.807) is 31.2 Å². The first-order valence-corrected chi connectivity index (χ1v) is 6.99. The Morgan fingerprint density at radius 3 is 2.90 bits per heavy atom. The molecule has 0 saturated heterocycles. The van der Waals surface area contributed by atoms with Crippen molar-refractivity contribution in [2.75, 3.05) is 0 Å². The second kappa shape index (κ2) is 5.92. The maximum atomic E-state index is 12.4. The number of nitrogens with two attached hydrogens (primary N) is 1. The van der Waals surface area contributed by atoms with Crippen molar-refractivity contribution in [3.63, 3.8) is 0 Å². The van der Waals surface area contributed by atoms with E-state index in [0.29, 0.717) is 22.6 Å². The summed E-state index contributed by atoms with van der Waals surface area (Å²) in [4.78, 5) is 28.1. The standard InChI is InChI=1S/C14H15N3O2S/c1-3-8-17-13(19)10-6-4-5-7-11(10)16-14(17)20-9(2)12(15)18/h3-7,9H,1,8H2,2H3,(H2,15,18)/t9-/m1/s1. The van der Waals surface area contributed by atoms with Gasteiger partial charge in [-0.3, -0.25) is 14.2 Å². The molecule has 1 aromatic heterocycles. The molecule has 104 valence electrons. The Morgan fingerprint density at radius 1 is 1.55 bits per heavy atom. The molecule has 0 unspecified atom stereocenters. The molecule has 2 N–H and O–H groups in total. The second-order valence-corrected chi connectivity index (χ2v) is 5.59. The summed E-state index contributed by atoms with van der Waals surface area (Å²) in [5, 5.41) is 0.560. The summed E-state index contributed by atoms with van der Waals surface area (Å²) < 4.78 is 1.50. The quantitative estimate of drug-likeness (QED) is 0.514. The van der Waals surface area contributed by atoms with Gasteiger partial charge in [-0.2, -0.15) is 0 Å². The number of carbonyl (C=O) groups is 1. The zero-order chi connectivity index (χ0) is 14.7. The third kappa shape index (κ3) is 2.75. The first-order valence-electron chi connectivity index (χ1n) is 6.11. The van der Waals surface area contributed by atoms with E-state index in [2.05, 4.69) is 11.6 Å². The molecule has 5 nitrogen and oxygen atoms in total. The van der Waals surface area contributed by atoms with Crippen LogP contribution in [0.1, 0.15) is 6.92 Å². The normalized spacial score (nSPS) is 12.2. The number of hydrogen-bond acceptors (Lipinski definition) is 4. The van der Waals surface area contributed by atoms with E-state index >= 15 is 0 Å². The second-order valence-electron chi connectivity index (χ2n) is 4.28. The maximum Gasteiger partial charge on any atom is 0.262 e. The van der Waals surface area contributed by atoms with Gasteiger partial charge in [-0.05, 0) is 19.1 Å². The van der Waals surface area contributed by atoms with Crippen LogP contribution in [-0.2, 0) is 11.3 Å². The molecule has 0 aliphatic rings. The summed E-state index contributed by atoms with van der Waals surface area (Å²) in [6.07, 6.45) is 1.62. The molecule has 1 atom stereocenters. The number of hydrogen-bond donors (Lipinski definition) is 1. The molecule has 1 aromatic carbocycles. The lowest BCUT2D eigenvalue weighted by molar-refractivity contribution is -0.117. The van der Waals surface area contributed by atoms with Crippen LogP contribution in [0.2, 0.25) is 0 Å². The molecule has 0 saturated carbocycles. The van der Waals surface area contributed by atoms with E-state index in [1.165, 1.54) is 16.3 Å². The van der Waals surface area contributed by atoms with Crippen molar-refractivity contribution >= 4 is 28.6 Å². The molecule has 1 amide bonds. The van der Waals surface area contributed by atoms with Gasteiger partial charge < -0.3 is 5.73 Å². The molecule has 0 aliphatic carbocycles.